The maximum absolute atomic E-state index is 13.6. The zero-order valence-electron chi connectivity index (χ0n) is 39.2. The Bertz CT molecular complexity index is 2250. The molecule has 0 bridgehead atoms. The minimum Gasteiger partial charge on any atom is -0.481 e. The number of likely N-dealkylation sites (tertiary alicyclic amines) is 2. The minimum absolute atomic E-state index is 0.00188. The van der Waals surface area contributed by atoms with E-state index in [1.165, 1.54) is 46.2 Å². The van der Waals surface area contributed by atoms with Crippen LogP contribution in [0.3, 0.4) is 0 Å². The van der Waals surface area contributed by atoms with Crippen LogP contribution < -0.4 is 32.7 Å². The van der Waals surface area contributed by atoms with Gasteiger partial charge in [0.05, 0.1) is 40.3 Å². The number of hydrogen-bond donors (Lipinski definition) is 7. The second-order valence-electron chi connectivity index (χ2n) is 18.9. The Morgan fingerprint density at radius 2 is 1.25 bits per heavy atom. The molecule has 0 radical (unpaired) electrons. The fourth-order valence-electron chi connectivity index (χ4n) is 7.85. The van der Waals surface area contributed by atoms with E-state index in [9.17, 15) is 43.2 Å². The summed E-state index contributed by atoms with van der Waals surface area (Å²) in [7, 11) is 0. The van der Waals surface area contributed by atoms with Crippen molar-refractivity contribution in [1.29, 1.82) is 0 Å². The third-order valence-corrected chi connectivity index (χ3v) is 12.1. The molecule has 0 aliphatic carbocycles. The first-order valence-corrected chi connectivity index (χ1v) is 22.9. The van der Waals surface area contributed by atoms with Crippen molar-refractivity contribution in [1.82, 2.24) is 31.1 Å². The molecule has 3 fully saturated rings. The summed E-state index contributed by atoms with van der Waals surface area (Å²) in [5.74, 6) is -4.47. The monoisotopic (exact) mass is 988 g/mol. The number of halogens is 2. The number of amides is 6. The molecular weight excluding hydrogens is 927 g/mol. The fourth-order valence-corrected chi connectivity index (χ4v) is 8.21. The third-order valence-electron chi connectivity index (χ3n) is 11.5. The van der Waals surface area contributed by atoms with Crippen LogP contribution in [0.4, 0.5) is 11.4 Å². The van der Waals surface area contributed by atoms with Gasteiger partial charge in [0.25, 0.3) is 11.8 Å². The van der Waals surface area contributed by atoms with E-state index in [1.54, 1.807) is 27.7 Å². The molecule has 372 valence electrons. The highest BCUT2D eigenvalue weighted by Gasteiger charge is 2.45. The van der Waals surface area contributed by atoms with E-state index in [2.05, 4.69) is 21.3 Å². The molecule has 0 spiro atoms. The Kier molecular flexibility index (Phi) is 18.8. The number of nitrogens with zero attached hydrogens (tertiary/aromatic N) is 2. The van der Waals surface area contributed by atoms with Crippen molar-refractivity contribution < 1.29 is 57.7 Å². The highest BCUT2D eigenvalue weighted by molar-refractivity contribution is 6.33. The summed E-state index contributed by atoms with van der Waals surface area (Å²) in [6.45, 7) is 13.6. The lowest BCUT2D eigenvalue weighted by molar-refractivity contribution is -0.164. The largest absolute Gasteiger partial charge is 0.481 e. The Morgan fingerprint density at radius 3 is 1.65 bits per heavy atom. The first-order valence-electron chi connectivity index (χ1n) is 22.2. The smallest absolute Gasteiger partial charge is 0.310 e. The van der Waals surface area contributed by atoms with E-state index < -0.39 is 95.4 Å². The molecular formula is C46H62Cl2N8O12. The summed E-state index contributed by atoms with van der Waals surface area (Å²) in [6.07, 6.45) is 0.955. The molecule has 0 saturated carbocycles. The van der Waals surface area contributed by atoms with Crippen molar-refractivity contribution in [3.8, 4) is 0 Å². The van der Waals surface area contributed by atoms with Gasteiger partial charge in [-0.15, -0.1) is 0 Å². The van der Waals surface area contributed by atoms with Gasteiger partial charge in [-0.25, -0.2) is 0 Å². The number of aldehydes is 1. The molecule has 3 saturated heterocycles. The van der Waals surface area contributed by atoms with Crippen LogP contribution in [0.15, 0.2) is 36.4 Å². The number of nitrogens with one attached hydrogen (secondary N) is 4. The topological polar surface area (TPSA) is 299 Å². The van der Waals surface area contributed by atoms with E-state index in [0.717, 1.165) is 0 Å². The summed E-state index contributed by atoms with van der Waals surface area (Å²) in [5, 5.41) is 20.1. The van der Waals surface area contributed by atoms with Crippen LogP contribution in [0.5, 0.6) is 0 Å². The molecule has 9 N–H and O–H groups in total. The molecule has 0 unspecified atom stereocenters. The van der Waals surface area contributed by atoms with E-state index >= 15 is 0 Å². The number of nitrogens with two attached hydrogens (primary N) is 2. The third kappa shape index (κ3) is 14.3. The van der Waals surface area contributed by atoms with Crippen LogP contribution in [0, 0.1) is 10.8 Å². The van der Waals surface area contributed by atoms with Crippen LogP contribution in [0.2, 0.25) is 10.0 Å². The molecule has 2 aromatic rings. The van der Waals surface area contributed by atoms with Gasteiger partial charge >= 0.3 is 11.9 Å². The molecule has 6 amide bonds. The zero-order valence-corrected chi connectivity index (χ0v) is 40.7. The zero-order chi connectivity index (χ0) is 50.8. The summed E-state index contributed by atoms with van der Waals surface area (Å²) in [4.78, 5) is 115. The Morgan fingerprint density at radius 1 is 0.794 bits per heavy atom. The van der Waals surface area contributed by atoms with Gasteiger partial charge in [0.2, 0.25) is 29.9 Å². The van der Waals surface area contributed by atoms with Crippen LogP contribution in [-0.4, -0.2) is 131 Å². The average Bonchev–Trinajstić information content (AvgIpc) is 4.03. The molecule has 3 aliphatic heterocycles. The second-order valence-corrected chi connectivity index (χ2v) is 19.7. The van der Waals surface area contributed by atoms with Gasteiger partial charge in [-0.05, 0) is 79.8 Å². The van der Waals surface area contributed by atoms with Gasteiger partial charge in [0.15, 0.2) is 0 Å². The highest BCUT2D eigenvalue weighted by atomic mass is 35.5. The molecule has 68 heavy (non-hydrogen) atoms. The van der Waals surface area contributed by atoms with E-state index in [0.29, 0.717) is 56.5 Å². The SMILES string of the molecule is CC(C)(C)[C@H](NC(=O)c1ccc(N)c(Cl)c1)C(=O)N1CCC[C@H]1C(=O)N[C@H](C=O)CC(=O)O.CCO[C@@H]1OC(=O)C[C@@H]1NC(=O)[C@@H]1CCCN1C(=O)[C@@H](NC(=O)c1ccc(N)c(Cl)c1)C(C)(C)C. The van der Waals surface area contributed by atoms with E-state index in [4.69, 9.17) is 49.2 Å². The quantitative estimate of drug-likeness (QED) is 0.0767. The number of hydrogen-bond acceptors (Lipinski definition) is 13. The summed E-state index contributed by atoms with van der Waals surface area (Å²) < 4.78 is 10.5. The number of anilines is 2. The molecule has 20 nitrogen and oxygen atoms in total. The maximum Gasteiger partial charge on any atom is 0.310 e. The van der Waals surface area contributed by atoms with Gasteiger partial charge in [0, 0.05) is 30.8 Å². The number of benzene rings is 2. The van der Waals surface area contributed by atoms with Crippen molar-refractivity contribution in [3.63, 3.8) is 0 Å². The van der Waals surface area contributed by atoms with E-state index in [-0.39, 0.29) is 46.0 Å². The second kappa shape index (κ2) is 23.3. The highest BCUT2D eigenvalue weighted by Crippen LogP contribution is 2.29. The van der Waals surface area contributed by atoms with Crippen LogP contribution >= 0.6 is 23.2 Å². The number of rotatable bonds is 15. The Balaban J connectivity index is 0.000000297. The van der Waals surface area contributed by atoms with Gasteiger partial charge in [-0.2, -0.15) is 0 Å². The molecule has 3 heterocycles. The number of carbonyl (C=O) groups excluding carboxylic acids is 8. The van der Waals surface area contributed by atoms with Crippen molar-refractivity contribution in [2.24, 2.45) is 10.8 Å². The Hall–Kier alpha value is -5.99. The molecule has 2 aromatic carbocycles. The number of carboxylic acids is 1. The van der Waals surface area contributed by atoms with Gasteiger partial charge in [-0.3, -0.25) is 38.4 Å². The fraction of sp³-hybridized carbons (Fsp3) is 0.543. The number of nitrogen functional groups attached to an aromatic ring is 2. The number of carboxylic acid groups (broad SMARTS) is 1. The lowest BCUT2D eigenvalue weighted by Gasteiger charge is -2.35. The predicted octanol–water partition coefficient (Wildman–Crippen LogP) is 3.07. The number of esters is 1. The molecule has 5 rings (SSSR count). The molecule has 22 heteroatoms. The van der Waals surface area contributed by atoms with Crippen LogP contribution in [0.1, 0.15) is 108 Å². The number of ether oxygens (including phenoxy) is 2. The number of carbonyl (C=O) groups is 9. The van der Waals surface area contributed by atoms with Crippen LogP contribution in [0.25, 0.3) is 0 Å². The lowest BCUT2D eigenvalue weighted by Crippen LogP contribution is -2.58. The Labute approximate surface area is 404 Å². The van der Waals surface area contributed by atoms with Gasteiger partial charge in [-0.1, -0.05) is 64.7 Å². The number of aliphatic carboxylic acids is 1. The summed E-state index contributed by atoms with van der Waals surface area (Å²) >= 11 is 12.1. The average molecular weight is 990 g/mol. The normalized spacial score (nSPS) is 20.5. The molecule has 3 aliphatic rings. The van der Waals surface area contributed by atoms with Crippen molar-refractivity contribution >= 4 is 88.2 Å². The lowest BCUT2D eigenvalue weighted by atomic mass is 9.85. The van der Waals surface area contributed by atoms with Crippen molar-refractivity contribution in [2.75, 3.05) is 31.2 Å². The van der Waals surface area contributed by atoms with Gasteiger partial charge < -0.3 is 61.9 Å². The molecule has 0 aromatic heterocycles. The summed E-state index contributed by atoms with van der Waals surface area (Å²) in [5.41, 5.74) is 11.3. The van der Waals surface area contributed by atoms with E-state index in [1.807, 2.05) is 20.8 Å². The van der Waals surface area contributed by atoms with Crippen LogP contribution in [-0.2, 0) is 43.0 Å². The summed E-state index contributed by atoms with van der Waals surface area (Å²) in [6, 6.07) is 3.62. The standard InChI is InChI=1S/C24H33ClN4O6.C22H29ClN4O6/c1-5-34-23-16(12-18(30)35-23)27-21(32)17-7-6-10-29(17)22(33)19(24(2,3)4)28-20(31)13-8-9-15(26)14(25)11-13;1-22(2,3)18(26-19(31)12-6-7-15(24)14(23)9-12)21(33)27-8-4-5-16(27)20(32)25-13(11-28)10-17(29)30/h8-9,11,16-17,19,23H,5-7,10,12,26H2,1-4H3,(H,27,32)(H,28,31);6-7,9,11,13,16,18H,4-5,8,10,24H2,1-3H3,(H,25,32)(H,26,31)(H,29,30)/t16-,17-,19+,23+;13-,16-,18+/m00/s1. The van der Waals surface area contributed by atoms with Gasteiger partial charge in [0.1, 0.15) is 36.5 Å². The first kappa shape index (κ1) is 54.6. The van der Waals surface area contributed by atoms with Crippen molar-refractivity contribution in [3.05, 3.63) is 57.6 Å². The van der Waals surface area contributed by atoms with Crippen molar-refractivity contribution in [2.45, 2.75) is 130 Å². The molecule has 7 atom stereocenters. The predicted molar refractivity (Wildman–Crippen MR) is 251 cm³/mol. The minimum atomic E-state index is -1.23. The number of cyclic esters (lactones) is 1. The first-order chi connectivity index (χ1) is 31.8. The maximum atomic E-state index is 13.6.